The molecule has 0 fully saturated rings. The van der Waals surface area contributed by atoms with E-state index in [1.807, 2.05) is 0 Å². The number of allylic oxidation sites excluding steroid dienone is 1. The summed E-state index contributed by atoms with van der Waals surface area (Å²) in [6, 6.07) is 0. The molecule has 0 aliphatic rings. The molecule has 0 heterocycles. The normalized spacial score (nSPS) is 17.2. The zero-order valence-electron chi connectivity index (χ0n) is 6.90. The van der Waals surface area contributed by atoms with Crippen LogP contribution < -0.4 is 0 Å². The first-order valence-electron chi connectivity index (χ1n) is 3.20. The van der Waals surface area contributed by atoms with Gasteiger partial charge in [-0.2, -0.15) is 22.0 Å². The molecule has 0 saturated heterocycles. The van der Waals surface area contributed by atoms with Gasteiger partial charge in [-0.1, -0.05) is 0 Å². The lowest BCUT2D eigenvalue weighted by molar-refractivity contribution is -0.288. The van der Waals surface area contributed by atoms with Crippen LogP contribution in [-0.4, -0.2) is 17.8 Å². The summed E-state index contributed by atoms with van der Waals surface area (Å²) in [5.74, 6) is -9.19. The van der Waals surface area contributed by atoms with E-state index in [-0.39, 0.29) is 0 Å². The lowest BCUT2D eigenvalue weighted by atomic mass is 9.97. The van der Waals surface area contributed by atoms with Gasteiger partial charge in [-0.15, -0.1) is 0 Å². The van der Waals surface area contributed by atoms with Crippen molar-refractivity contribution in [1.82, 2.24) is 0 Å². The van der Waals surface area contributed by atoms with Gasteiger partial charge >= 0.3 is 17.9 Å². The summed E-state index contributed by atoms with van der Waals surface area (Å²) in [6.07, 6.45) is -10.3. The van der Waals surface area contributed by atoms with E-state index in [1.165, 1.54) is 0 Å². The zero-order chi connectivity index (χ0) is 12.7. The molecule has 0 amide bonds. The summed E-state index contributed by atoms with van der Waals surface area (Å²) in [5, 5.41) is 0. The highest BCUT2D eigenvalue weighted by atomic mass is 19.4. The van der Waals surface area contributed by atoms with Gasteiger partial charge < -0.3 is 0 Å². The third-order valence-electron chi connectivity index (χ3n) is 1.46. The summed E-state index contributed by atoms with van der Waals surface area (Å²) in [4.78, 5) is 0. The molecule has 0 radical (unpaired) electrons. The van der Waals surface area contributed by atoms with Crippen LogP contribution in [-0.2, 0) is 0 Å². The average molecular weight is 246 g/mol. The predicted octanol–water partition coefficient (Wildman–Crippen LogP) is 3.99. The summed E-state index contributed by atoms with van der Waals surface area (Å²) in [7, 11) is 0. The SMILES string of the molecule is CC(F)(F)C(F)(C(F)=C(F)F)C(F)(F)F. The molecule has 0 bridgehead atoms. The second-order valence-electron chi connectivity index (χ2n) is 2.62. The van der Waals surface area contributed by atoms with E-state index in [0.717, 1.165) is 0 Å². The maximum Gasteiger partial charge on any atom is 0.435 e. The van der Waals surface area contributed by atoms with Crippen LogP contribution in [0.5, 0.6) is 0 Å². The second-order valence-corrected chi connectivity index (χ2v) is 2.62. The molecule has 0 aliphatic carbocycles. The molecular formula is C6H3F9. The summed E-state index contributed by atoms with van der Waals surface area (Å²) < 4.78 is 107. The lowest BCUT2D eigenvalue weighted by Crippen LogP contribution is -2.54. The number of hydrogen-bond donors (Lipinski definition) is 0. The second kappa shape index (κ2) is 3.60. The summed E-state index contributed by atoms with van der Waals surface area (Å²) >= 11 is 0. The Hall–Kier alpha value is -0.890. The zero-order valence-corrected chi connectivity index (χ0v) is 6.90. The molecule has 0 aromatic rings. The molecule has 0 rings (SSSR count). The molecule has 9 heteroatoms. The number of hydrogen-bond acceptors (Lipinski definition) is 0. The monoisotopic (exact) mass is 246 g/mol. The minimum atomic E-state index is -6.49. The number of alkyl halides is 6. The number of halogens is 9. The van der Waals surface area contributed by atoms with E-state index >= 15 is 0 Å². The molecule has 0 aliphatic heterocycles. The van der Waals surface area contributed by atoms with Crippen molar-refractivity contribution in [1.29, 1.82) is 0 Å². The Morgan fingerprint density at radius 2 is 1.13 bits per heavy atom. The third kappa shape index (κ3) is 2.20. The van der Waals surface area contributed by atoms with Gasteiger partial charge in [0, 0.05) is 6.92 Å². The van der Waals surface area contributed by atoms with E-state index in [2.05, 4.69) is 0 Å². The van der Waals surface area contributed by atoms with Crippen molar-refractivity contribution < 1.29 is 39.5 Å². The van der Waals surface area contributed by atoms with Gasteiger partial charge in [0.15, 0.2) is 0 Å². The van der Waals surface area contributed by atoms with Crippen molar-refractivity contribution in [2.24, 2.45) is 0 Å². The smallest absolute Gasteiger partial charge is 0.219 e. The number of rotatable bonds is 2. The molecule has 0 saturated carbocycles. The van der Waals surface area contributed by atoms with Crippen molar-refractivity contribution in [3.8, 4) is 0 Å². The molecule has 0 spiro atoms. The Morgan fingerprint density at radius 3 is 1.20 bits per heavy atom. The lowest BCUT2D eigenvalue weighted by Gasteiger charge is -2.30. The highest BCUT2D eigenvalue weighted by molar-refractivity contribution is 5.19. The third-order valence-corrected chi connectivity index (χ3v) is 1.46. The van der Waals surface area contributed by atoms with Crippen molar-refractivity contribution in [2.45, 2.75) is 24.7 Å². The first-order valence-corrected chi connectivity index (χ1v) is 3.20. The Bertz CT molecular complexity index is 249. The van der Waals surface area contributed by atoms with Gasteiger partial charge in [0.2, 0.25) is 5.83 Å². The van der Waals surface area contributed by atoms with Crippen LogP contribution in [0, 0.1) is 0 Å². The molecule has 0 aromatic heterocycles. The fraction of sp³-hybridized carbons (Fsp3) is 0.667. The van der Waals surface area contributed by atoms with Crippen molar-refractivity contribution in [2.75, 3.05) is 0 Å². The predicted molar refractivity (Wildman–Crippen MR) is 30.9 cm³/mol. The van der Waals surface area contributed by atoms with Crippen LogP contribution in [0.3, 0.4) is 0 Å². The first-order chi connectivity index (χ1) is 6.35. The van der Waals surface area contributed by atoms with E-state index in [4.69, 9.17) is 0 Å². The Labute approximate surface area is 77.4 Å². The van der Waals surface area contributed by atoms with Crippen LogP contribution in [0.2, 0.25) is 0 Å². The maximum atomic E-state index is 12.7. The van der Waals surface area contributed by atoms with Crippen LogP contribution in [0.4, 0.5) is 39.5 Å². The van der Waals surface area contributed by atoms with E-state index in [0.29, 0.717) is 0 Å². The van der Waals surface area contributed by atoms with Crippen molar-refractivity contribution in [3.05, 3.63) is 11.9 Å². The van der Waals surface area contributed by atoms with Gasteiger partial charge in [0.05, 0.1) is 0 Å². The summed E-state index contributed by atoms with van der Waals surface area (Å²) in [5.41, 5.74) is -6.02. The Balaban J connectivity index is 5.77. The van der Waals surface area contributed by atoms with Crippen LogP contribution in [0.1, 0.15) is 6.92 Å². The molecule has 1 unspecified atom stereocenters. The van der Waals surface area contributed by atoms with Gasteiger partial charge in [-0.05, 0) is 0 Å². The van der Waals surface area contributed by atoms with E-state index in [1.54, 1.807) is 0 Å². The summed E-state index contributed by atoms with van der Waals surface area (Å²) in [6.45, 7) is -0.650. The topological polar surface area (TPSA) is 0 Å². The molecule has 90 valence electrons. The molecule has 15 heavy (non-hydrogen) atoms. The largest absolute Gasteiger partial charge is 0.435 e. The quantitative estimate of drug-likeness (QED) is 0.646. The first kappa shape index (κ1) is 14.1. The molecule has 0 nitrogen and oxygen atoms in total. The minimum absolute atomic E-state index is 0.650. The molecular weight excluding hydrogens is 243 g/mol. The standard InChI is InChI=1S/C6H3F9/c1-4(10,11)5(12,6(13,14)15)2(7)3(8)9/h1H3. The van der Waals surface area contributed by atoms with Crippen LogP contribution >= 0.6 is 0 Å². The highest BCUT2D eigenvalue weighted by Crippen LogP contribution is 2.51. The van der Waals surface area contributed by atoms with Crippen LogP contribution in [0.15, 0.2) is 11.9 Å². The van der Waals surface area contributed by atoms with E-state index < -0.39 is 36.6 Å². The van der Waals surface area contributed by atoms with Gasteiger partial charge in [0.1, 0.15) is 0 Å². The van der Waals surface area contributed by atoms with Gasteiger partial charge in [0.25, 0.3) is 5.92 Å². The highest BCUT2D eigenvalue weighted by Gasteiger charge is 2.73. The molecule has 0 aromatic carbocycles. The Morgan fingerprint density at radius 1 is 0.800 bits per heavy atom. The Kier molecular flexibility index (Phi) is 3.39. The fourth-order valence-electron chi connectivity index (χ4n) is 0.696. The average Bonchev–Trinajstić information content (AvgIpc) is 1.96. The van der Waals surface area contributed by atoms with Gasteiger partial charge in [-0.3, -0.25) is 0 Å². The van der Waals surface area contributed by atoms with Crippen LogP contribution in [0.25, 0.3) is 0 Å². The van der Waals surface area contributed by atoms with Gasteiger partial charge in [-0.25, -0.2) is 17.6 Å². The van der Waals surface area contributed by atoms with Crippen molar-refractivity contribution in [3.63, 3.8) is 0 Å². The fourth-order valence-corrected chi connectivity index (χ4v) is 0.696. The molecule has 0 N–H and O–H groups in total. The minimum Gasteiger partial charge on any atom is -0.219 e. The molecule has 1 atom stereocenters. The van der Waals surface area contributed by atoms with Crippen molar-refractivity contribution >= 4 is 0 Å². The maximum absolute atomic E-state index is 12.7. The van der Waals surface area contributed by atoms with E-state index in [9.17, 15) is 39.5 Å².